The summed E-state index contributed by atoms with van der Waals surface area (Å²) in [5, 5.41) is 26.9. The van der Waals surface area contributed by atoms with Gasteiger partial charge in [0.15, 0.2) is 0 Å². The molecule has 4 nitrogen and oxygen atoms in total. The van der Waals surface area contributed by atoms with Crippen molar-refractivity contribution in [2.24, 2.45) is 0 Å². The Kier molecular flexibility index (Phi) is 3.68. The Bertz CT molecular complexity index is 360. The molecule has 3 N–H and O–H groups in total. The standard InChI is InChI=1S/C11H14O4/c1-7(4-11(14)15)8-2-3-10(13)9(5-8)6-12/h2-3,5,7,12-13H,4,6H2,1H3,(H,14,15). The van der Waals surface area contributed by atoms with E-state index in [2.05, 4.69) is 0 Å². The molecule has 0 spiro atoms. The van der Waals surface area contributed by atoms with Crippen LogP contribution in [-0.4, -0.2) is 21.3 Å². The Morgan fingerprint density at radius 1 is 1.47 bits per heavy atom. The first-order chi connectivity index (χ1) is 7.04. The molecule has 0 aliphatic heterocycles. The number of aliphatic hydroxyl groups is 1. The third-order valence-electron chi connectivity index (χ3n) is 2.32. The maximum absolute atomic E-state index is 10.5. The van der Waals surface area contributed by atoms with Crippen LogP contribution in [-0.2, 0) is 11.4 Å². The van der Waals surface area contributed by atoms with Crippen LogP contribution in [0.2, 0.25) is 0 Å². The molecule has 1 rings (SSSR count). The van der Waals surface area contributed by atoms with E-state index < -0.39 is 5.97 Å². The second kappa shape index (κ2) is 4.79. The molecule has 0 aromatic heterocycles. The minimum Gasteiger partial charge on any atom is -0.508 e. The van der Waals surface area contributed by atoms with Gasteiger partial charge >= 0.3 is 5.97 Å². The fraction of sp³-hybridized carbons (Fsp3) is 0.364. The van der Waals surface area contributed by atoms with Crippen molar-refractivity contribution in [2.75, 3.05) is 0 Å². The van der Waals surface area contributed by atoms with Gasteiger partial charge in [0.25, 0.3) is 0 Å². The highest BCUT2D eigenvalue weighted by atomic mass is 16.4. The van der Waals surface area contributed by atoms with Crippen molar-refractivity contribution >= 4 is 5.97 Å². The van der Waals surface area contributed by atoms with Crippen molar-refractivity contribution in [3.05, 3.63) is 29.3 Å². The van der Waals surface area contributed by atoms with Crippen LogP contribution in [0.3, 0.4) is 0 Å². The van der Waals surface area contributed by atoms with Gasteiger partial charge in [-0.2, -0.15) is 0 Å². The monoisotopic (exact) mass is 210 g/mol. The van der Waals surface area contributed by atoms with E-state index in [0.717, 1.165) is 5.56 Å². The number of aliphatic hydroxyl groups excluding tert-OH is 1. The molecule has 0 amide bonds. The third-order valence-corrected chi connectivity index (χ3v) is 2.32. The highest BCUT2D eigenvalue weighted by Crippen LogP contribution is 2.25. The number of benzene rings is 1. The van der Waals surface area contributed by atoms with Gasteiger partial charge in [-0.3, -0.25) is 4.79 Å². The number of aromatic hydroxyl groups is 1. The van der Waals surface area contributed by atoms with E-state index in [4.69, 9.17) is 10.2 Å². The van der Waals surface area contributed by atoms with Crippen LogP contribution in [0.4, 0.5) is 0 Å². The van der Waals surface area contributed by atoms with Crippen molar-refractivity contribution in [1.82, 2.24) is 0 Å². The van der Waals surface area contributed by atoms with Crippen LogP contribution in [0.25, 0.3) is 0 Å². The summed E-state index contributed by atoms with van der Waals surface area (Å²) in [6.45, 7) is 1.54. The van der Waals surface area contributed by atoms with Crippen LogP contribution in [0.5, 0.6) is 5.75 Å². The molecule has 0 bridgehead atoms. The minimum absolute atomic E-state index is 0.0313. The Balaban J connectivity index is 2.90. The number of hydrogen-bond donors (Lipinski definition) is 3. The summed E-state index contributed by atoms with van der Waals surface area (Å²) >= 11 is 0. The van der Waals surface area contributed by atoms with Crippen molar-refractivity contribution in [1.29, 1.82) is 0 Å². The number of carboxylic acids is 1. The average molecular weight is 210 g/mol. The van der Waals surface area contributed by atoms with Gasteiger partial charge in [-0.05, 0) is 23.6 Å². The molecule has 0 saturated heterocycles. The molecule has 0 fully saturated rings. The molecule has 0 heterocycles. The lowest BCUT2D eigenvalue weighted by molar-refractivity contribution is -0.137. The van der Waals surface area contributed by atoms with E-state index in [1.807, 2.05) is 0 Å². The third kappa shape index (κ3) is 2.95. The Hall–Kier alpha value is -1.55. The second-order valence-corrected chi connectivity index (χ2v) is 3.55. The lowest BCUT2D eigenvalue weighted by Gasteiger charge is -2.11. The van der Waals surface area contributed by atoms with Gasteiger partial charge in [0, 0.05) is 5.56 Å². The first-order valence-electron chi connectivity index (χ1n) is 4.69. The van der Waals surface area contributed by atoms with E-state index >= 15 is 0 Å². The maximum Gasteiger partial charge on any atom is 0.303 e. The lowest BCUT2D eigenvalue weighted by atomic mass is 9.96. The van der Waals surface area contributed by atoms with E-state index in [1.165, 1.54) is 6.07 Å². The van der Waals surface area contributed by atoms with E-state index in [1.54, 1.807) is 19.1 Å². The quantitative estimate of drug-likeness (QED) is 0.703. The summed E-state index contributed by atoms with van der Waals surface area (Å²) in [6.07, 6.45) is 0.0373. The molecule has 0 aliphatic rings. The van der Waals surface area contributed by atoms with Gasteiger partial charge in [-0.15, -0.1) is 0 Å². The summed E-state index contributed by atoms with van der Waals surface area (Å²) in [4.78, 5) is 10.5. The smallest absolute Gasteiger partial charge is 0.303 e. The molecule has 0 aliphatic carbocycles. The summed E-state index contributed by atoms with van der Waals surface area (Å²) in [5.41, 5.74) is 1.23. The molecule has 1 aromatic carbocycles. The molecule has 1 unspecified atom stereocenters. The highest BCUT2D eigenvalue weighted by Gasteiger charge is 2.11. The molecule has 0 saturated carbocycles. The van der Waals surface area contributed by atoms with Crippen LogP contribution in [0, 0.1) is 0 Å². The zero-order valence-electron chi connectivity index (χ0n) is 8.47. The number of phenols is 1. The zero-order chi connectivity index (χ0) is 11.4. The fourth-order valence-electron chi connectivity index (χ4n) is 1.42. The molecular formula is C11H14O4. The van der Waals surface area contributed by atoms with Crippen molar-refractivity contribution in [3.8, 4) is 5.75 Å². The molecule has 1 aromatic rings. The number of carboxylic acid groups (broad SMARTS) is 1. The fourth-order valence-corrected chi connectivity index (χ4v) is 1.42. The van der Waals surface area contributed by atoms with Gasteiger partial charge < -0.3 is 15.3 Å². The normalized spacial score (nSPS) is 12.4. The van der Waals surface area contributed by atoms with Gasteiger partial charge in [0.05, 0.1) is 13.0 Å². The SMILES string of the molecule is CC(CC(=O)O)c1ccc(O)c(CO)c1. The van der Waals surface area contributed by atoms with E-state index in [-0.39, 0.29) is 24.7 Å². The predicted molar refractivity (Wildman–Crippen MR) is 54.7 cm³/mol. The Morgan fingerprint density at radius 2 is 2.13 bits per heavy atom. The van der Waals surface area contributed by atoms with Gasteiger partial charge in [0.1, 0.15) is 5.75 Å². The van der Waals surface area contributed by atoms with Gasteiger partial charge in [0.2, 0.25) is 0 Å². The highest BCUT2D eigenvalue weighted by molar-refractivity contribution is 5.68. The summed E-state index contributed by atoms with van der Waals surface area (Å²) < 4.78 is 0. The topological polar surface area (TPSA) is 77.8 Å². The Labute approximate surface area is 87.8 Å². The number of aliphatic carboxylic acids is 1. The van der Waals surface area contributed by atoms with E-state index in [0.29, 0.717) is 5.56 Å². The summed E-state index contributed by atoms with van der Waals surface area (Å²) in [7, 11) is 0. The van der Waals surface area contributed by atoms with Crippen molar-refractivity contribution in [2.45, 2.75) is 25.9 Å². The number of carbonyl (C=O) groups is 1. The molecule has 4 heteroatoms. The van der Waals surface area contributed by atoms with Crippen LogP contribution in [0.1, 0.15) is 30.4 Å². The van der Waals surface area contributed by atoms with Crippen molar-refractivity contribution in [3.63, 3.8) is 0 Å². The zero-order valence-corrected chi connectivity index (χ0v) is 8.47. The largest absolute Gasteiger partial charge is 0.508 e. The first kappa shape index (κ1) is 11.5. The predicted octanol–water partition coefficient (Wildman–Crippen LogP) is 1.46. The average Bonchev–Trinajstić information content (AvgIpc) is 2.17. The second-order valence-electron chi connectivity index (χ2n) is 3.55. The molecular weight excluding hydrogens is 196 g/mol. The summed E-state index contributed by atoms with van der Waals surface area (Å²) in [5.74, 6) is -0.960. The van der Waals surface area contributed by atoms with Crippen LogP contribution >= 0.6 is 0 Å². The number of hydrogen-bond acceptors (Lipinski definition) is 3. The van der Waals surface area contributed by atoms with Gasteiger partial charge in [-0.1, -0.05) is 13.0 Å². The molecule has 15 heavy (non-hydrogen) atoms. The Morgan fingerprint density at radius 3 is 2.67 bits per heavy atom. The van der Waals surface area contributed by atoms with Crippen LogP contribution in [0.15, 0.2) is 18.2 Å². The van der Waals surface area contributed by atoms with E-state index in [9.17, 15) is 9.90 Å². The molecule has 1 atom stereocenters. The molecule has 82 valence electrons. The van der Waals surface area contributed by atoms with Crippen LogP contribution < -0.4 is 0 Å². The molecule has 0 radical (unpaired) electrons. The number of rotatable bonds is 4. The van der Waals surface area contributed by atoms with Crippen molar-refractivity contribution < 1.29 is 20.1 Å². The maximum atomic E-state index is 10.5. The minimum atomic E-state index is -0.860. The first-order valence-corrected chi connectivity index (χ1v) is 4.69. The summed E-state index contributed by atoms with van der Waals surface area (Å²) in [6, 6.07) is 4.77. The lowest BCUT2D eigenvalue weighted by Crippen LogP contribution is -2.03. The van der Waals surface area contributed by atoms with Gasteiger partial charge in [-0.25, -0.2) is 0 Å².